The highest BCUT2D eigenvalue weighted by Crippen LogP contribution is 2.36. The maximum absolute atomic E-state index is 12.7. The van der Waals surface area contributed by atoms with E-state index in [9.17, 15) is 4.79 Å². The van der Waals surface area contributed by atoms with E-state index in [0.29, 0.717) is 23.7 Å². The lowest BCUT2D eigenvalue weighted by molar-refractivity contribution is -0.134. The molecule has 25 heavy (non-hydrogen) atoms. The molecule has 3 aliphatic rings. The predicted octanol–water partition coefficient (Wildman–Crippen LogP) is 2.86. The fourth-order valence-corrected chi connectivity index (χ4v) is 4.68. The average Bonchev–Trinajstić information content (AvgIpc) is 3.29. The number of fused-ring (bicyclic) bond motifs is 1. The Bertz CT molecular complexity index is 616. The summed E-state index contributed by atoms with van der Waals surface area (Å²) in [6.45, 7) is 10.4. The van der Waals surface area contributed by atoms with Crippen LogP contribution in [-0.2, 0) is 10.2 Å². The number of carbonyl (C=O) groups is 1. The molecule has 3 heterocycles. The monoisotopic (exact) mass is 342 g/mol. The van der Waals surface area contributed by atoms with Crippen LogP contribution in [0.3, 0.4) is 0 Å². The Morgan fingerprint density at radius 1 is 1.00 bits per heavy atom. The lowest BCUT2D eigenvalue weighted by atomic mass is 9.92. The van der Waals surface area contributed by atoms with Gasteiger partial charge in [-0.2, -0.15) is 5.10 Å². The minimum atomic E-state index is 0.0359. The highest BCUT2D eigenvalue weighted by molar-refractivity contribution is 5.79. The Morgan fingerprint density at radius 2 is 1.64 bits per heavy atom. The number of amides is 1. The van der Waals surface area contributed by atoms with Crippen molar-refractivity contribution in [2.24, 2.45) is 17.8 Å². The predicted molar refractivity (Wildman–Crippen MR) is 98.5 cm³/mol. The van der Waals surface area contributed by atoms with Crippen LogP contribution in [0.15, 0.2) is 12.1 Å². The molecule has 3 fully saturated rings. The van der Waals surface area contributed by atoms with Crippen LogP contribution >= 0.6 is 0 Å². The molecule has 1 aliphatic carbocycles. The Labute approximate surface area is 150 Å². The Balaban J connectivity index is 1.37. The van der Waals surface area contributed by atoms with Crippen molar-refractivity contribution >= 4 is 11.7 Å². The molecule has 1 aromatic heterocycles. The molecule has 4 rings (SSSR count). The first-order chi connectivity index (χ1) is 11.9. The number of hydrogen-bond donors (Lipinski definition) is 0. The van der Waals surface area contributed by atoms with Gasteiger partial charge < -0.3 is 9.80 Å². The minimum Gasteiger partial charge on any atom is -0.354 e. The van der Waals surface area contributed by atoms with Gasteiger partial charge in [0.05, 0.1) is 5.69 Å². The Morgan fingerprint density at radius 3 is 2.16 bits per heavy atom. The molecular formula is C20H30N4O. The van der Waals surface area contributed by atoms with Crippen LogP contribution in [0.1, 0.15) is 52.1 Å². The van der Waals surface area contributed by atoms with Crippen LogP contribution in [-0.4, -0.2) is 47.2 Å². The Hall–Kier alpha value is -1.65. The fraction of sp³-hybridized carbons (Fsp3) is 0.750. The summed E-state index contributed by atoms with van der Waals surface area (Å²) < 4.78 is 0. The molecule has 0 bridgehead atoms. The summed E-state index contributed by atoms with van der Waals surface area (Å²) in [6.07, 6.45) is 4.67. The zero-order valence-corrected chi connectivity index (χ0v) is 15.7. The number of hydrogen-bond acceptors (Lipinski definition) is 4. The zero-order chi connectivity index (χ0) is 17.6. The quantitative estimate of drug-likeness (QED) is 0.829. The first-order valence-corrected chi connectivity index (χ1v) is 9.80. The van der Waals surface area contributed by atoms with E-state index in [-0.39, 0.29) is 5.41 Å². The van der Waals surface area contributed by atoms with Crippen molar-refractivity contribution in [2.75, 3.05) is 31.1 Å². The molecule has 0 spiro atoms. The van der Waals surface area contributed by atoms with Gasteiger partial charge in [-0.15, -0.1) is 5.10 Å². The third-order valence-corrected chi connectivity index (χ3v) is 6.25. The molecule has 5 heteroatoms. The number of rotatable bonds is 2. The molecule has 2 atom stereocenters. The molecule has 1 saturated carbocycles. The van der Waals surface area contributed by atoms with E-state index in [1.165, 1.54) is 12.8 Å². The second-order valence-corrected chi connectivity index (χ2v) is 9.18. The van der Waals surface area contributed by atoms with Crippen LogP contribution in [0.5, 0.6) is 0 Å². The van der Waals surface area contributed by atoms with Crippen LogP contribution in [0.25, 0.3) is 0 Å². The van der Waals surface area contributed by atoms with Gasteiger partial charge >= 0.3 is 0 Å². The van der Waals surface area contributed by atoms with Gasteiger partial charge in [0.25, 0.3) is 0 Å². The molecule has 136 valence electrons. The van der Waals surface area contributed by atoms with Gasteiger partial charge in [0, 0.05) is 49.3 Å². The molecule has 1 amide bonds. The topological polar surface area (TPSA) is 49.3 Å². The number of nitrogens with zero attached hydrogens (tertiary/aromatic N) is 4. The summed E-state index contributed by atoms with van der Waals surface area (Å²) in [5.41, 5.74) is 1.07. The van der Waals surface area contributed by atoms with Crippen molar-refractivity contribution < 1.29 is 4.79 Å². The maximum Gasteiger partial charge on any atom is 0.225 e. The molecule has 2 unspecified atom stereocenters. The smallest absolute Gasteiger partial charge is 0.225 e. The normalized spacial score (nSPS) is 27.2. The maximum atomic E-state index is 12.7. The first kappa shape index (κ1) is 16.8. The van der Waals surface area contributed by atoms with Crippen molar-refractivity contribution in [2.45, 2.75) is 51.9 Å². The number of anilines is 1. The standard InChI is InChI=1S/C20H30N4O/c1-20(2,3)17-8-9-18(22-21-17)23-10-15-12-24(13-16(15)11-23)19(25)14-6-4-5-7-14/h8-9,14-16H,4-7,10-13H2,1-3H3. The van der Waals surface area contributed by atoms with E-state index >= 15 is 0 Å². The summed E-state index contributed by atoms with van der Waals surface area (Å²) in [4.78, 5) is 17.2. The SMILES string of the molecule is CC(C)(C)c1ccc(N2CC3CN(C(=O)C4CCCC4)CC3C2)nn1. The third-order valence-electron chi connectivity index (χ3n) is 6.25. The summed E-state index contributed by atoms with van der Waals surface area (Å²) in [5.74, 6) is 2.90. The number of carbonyl (C=O) groups excluding carboxylic acids is 1. The Kier molecular flexibility index (Phi) is 4.20. The summed E-state index contributed by atoms with van der Waals surface area (Å²) in [5, 5.41) is 8.89. The van der Waals surface area contributed by atoms with E-state index in [2.05, 4.69) is 52.9 Å². The van der Waals surface area contributed by atoms with Crippen LogP contribution in [0.2, 0.25) is 0 Å². The fourth-order valence-electron chi connectivity index (χ4n) is 4.68. The summed E-state index contributed by atoms with van der Waals surface area (Å²) in [7, 11) is 0. The van der Waals surface area contributed by atoms with Gasteiger partial charge in [-0.3, -0.25) is 4.79 Å². The van der Waals surface area contributed by atoms with Gasteiger partial charge in [-0.05, 0) is 25.0 Å². The van der Waals surface area contributed by atoms with Crippen molar-refractivity contribution in [1.29, 1.82) is 0 Å². The van der Waals surface area contributed by atoms with E-state index in [1.807, 2.05) is 0 Å². The van der Waals surface area contributed by atoms with Gasteiger partial charge in [-0.25, -0.2) is 0 Å². The van der Waals surface area contributed by atoms with E-state index in [0.717, 1.165) is 50.5 Å². The number of aromatic nitrogens is 2. The molecule has 2 saturated heterocycles. The average molecular weight is 342 g/mol. The number of likely N-dealkylation sites (tertiary alicyclic amines) is 1. The third kappa shape index (κ3) is 3.25. The lowest BCUT2D eigenvalue weighted by Crippen LogP contribution is -2.36. The lowest BCUT2D eigenvalue weighted by Gasteiger charge is -2.24. The first-order valence-electron chi connectivity index (χ1n) is 9.80. The van der Waals surface area contributed by atoms with Crippen LogP contribution in [0.4, 0.5) is 5.82 Å². The van der Waals surface area contributed by atoms with Gasteiger partial charge in [0.2, 0.25) is 5.91 Å². The van der Waals surface area contributed by atoms with Crippen molar-refractivity contribution in [1.82, 2.24) is 15.1 Å². The zero-order valence-electron chi connectivity index (χ0n) is 15.7. The van der Waals surface area contributed by atoms with E-state index < -0.39 is 0 Å². The molecular weight excluding hydrogens is 312 g/mol. The summed E-state index contributed by atoms with van der Waals surface area (Å²) in [6, 6.07) is 4.21. The van der Waals surface area contributed by atoms with Crippen molar-refractivity contribution in [3.05, 3.63) is 17.8 Å². The highest BCUT2D eigenvalue weighted by atomic mass is 16.2. The second kappa shape index (κ2) is 6.26. The van der Waals surface area contributed by atoms with Gasteiger partial charge in [-0.1, -0.05) is 33.6 Å². The molecule has 2 aliphatic heterocycles. The second-order valence-electron chi connectivity index (χ2n) is 9.18. The molecule has 0 aromatic carbocycles. The summed E-state index contributed by atoms with van der Waals surface area (Å²) >= 11 is 0. The van der Waals surface area contributed by atoms with Crippen LogP contribution < -0.4 is 4.90 Å². The van der Waals surface area contributed by atoms with Crippen LogP contribution in [0, 0.1) is 17.8 Å². The molecule has 0 N–H and O–H groups in total. The molecule has 1 aromatic rings. The van der Waals surface area contributed by atoms with Crippen molar-refractivity contribution in [3.63, 3.8) is 0 Å². The minimum absolute atomic E-state index is 0.0359. The van der Waals surface area contributed by atoms with E-state index in [1.54, 1.807) is 0 Å². The largest absolute Gasteiger partial charge is 0.354 e. The molecule has 0 radical (unpaired) electrons. The van der Waals surface area contributed by atoms with Gasteiger partial charge in [0.15, 0.2) is 5.82 Å². The highest BCUT2D eigenvalue weighted by Gasteiger charge is 2.43. The van der Waals surface area contributed by atoms with E-state index in [4.69, 9.17) is 0 Å². The van der Waals surface area contributed by atoms with Gasteiger partial charge in [0.1, 0.15) is 0 Å². The van der Waals surface area contributed by atoms with Crippen molar-refractivity contribution in [3.8, 4) is 0 Å². The molecule has 5 nitrogen and oxygen atoms in total.